The van der Waals surface area contributed by atoms with Crippen molar-refractivity contribution in [3.63, 3.8) is 0 Å². The summed E-state index contributed by atoms with van der Waals surface area (Å²) >= 11 is 3.36. The van der Waals surface area contributed by atoms with Crippen LogP contribution in [-0.2, 0) is 0 Å². The van der Waals surface area contributed by atoms with Crippen LogP contribution in [0.25, 0.3) is 0 Å². The molecule has 0 amide bonds. The lowest BCUT2D eigenvalue weighted by atomic mass is 10.1. The SMILES string of the molecule is CCOc1ccc(C(C)n2ncc(Br)c2N)cc1. The molecule has 0 saturated carbocycles. The van der Waals surface area contributed by atoms with Gasteiger partial charge in [0.2, 0.25) is 0 Å². The highest BCUT2D eigenvalue weighted by Gasteiger charge is 2.13. The Balaban J connectivity index is 2.23. The minimum Gasteiger partial charge on any atom is -0.494 e. The summed E-state index contributed by atoms with van der Waals surface area (Å²) in [5, 5.41) is 4.26. The van der Waals surface area contributed by atoms with E-state index in [0.717, 1.165) is 15.8 Å². The van der Waals surface area contributed by atoms with Gasteiger partial charge in [-0.05, 0) is 47.5 Å². The molecule has 0 aliphatic carbocycles. The second-order valence-corrected chi connectivity index (χ2v) is 4.85. The number of hydrogen-bond donors (Lipinski definition) is 1. The van der Waals surface area contributed by atoms with Crippen LogP contribution < -0.4 is 10.5 Å². The van der Waals surface area contributed by atoms with E-state index in [1.54, 1.807) is 10.9 Å². The highest BCUT2D eigenvalue weighted by atomic mass is 79.9. The topological polar surface area (TPSA) is 53.1 Å². The van der Waals surface area contributed by atoms with Gasteiger partial charge >= 0.3 is 0 Å². The molecule has 2 N–H and O–H groups in total. The minimum atomic E-state index is 0.0898. The Hall–Kier alpha value is -1.49. The average Bonchev–Trinajstić information content (AvgIpc) is 2.71. The smallest absolute Gasteiger partial charge is 0.136 e. The van der Waals surface area contributed by atoms with Crippen molar-refractivity contribution in [3.05, 3.63) is 40.5 Å². The molecule has 0 bridgehead atoms. The molecule has 18 heavy (non-hydrogen) atoms. The summed E-state index contributed by atoms with van der Waals surface area (Å²) in [5.74, 6) is 1.51. The number of nitrogens with zero attached hydrogens (tertiary/aromatic N) is 2. The van der Waals surface area contributed by atoms with Crippen LogP contribution in [0.2, 0.25) is 0 Å². The lowest BCUT2D eigenvalue weighted by molar-refractivity contribution is 0.340. The maximum absolute atomic E-state index is 5.95. The number of nitrogens with two attached hydrogens (primary N) is 1. The third kappa shape index (κ3) is 2.51. The van der Waals surface area contributed by atoms with Crippen molar-refractivity contribution >= 4 is 21.7 Å². The van der Waals surface area contributed by atoms with Gasteiger partial charge in [0.1, 0.15) is 11.6 Å². The van der Waals surface area contributed by atoms with Crippen LogP contribution >= 0.6 is 15.9 Å². The molecular weight excluding hydrogens is 294 g/mol. The van der Waals surface area contributed by atoms with E-state index in [1.807, 2.05) is 31.2 Å². The molecule has 1 aromatic carbocycles. The first-order valence-corrected chi connectivity index (χ1v) is 6.64. The van der Waals surface area contributed by atoms with Crippen LogP contribution in [0.1, 0.15) is 25.5 Å². The monoisotopic (exact) mass is 309 g/mol. The Morgan fingerprint density at radius 3 is 2.56 bits per heavy atom. The fraction of sp³-hybridized carbons (Fsp3) is 0.308. The summed E-state index contributed by atoms with van der Waals surface area (Å²) in [6.45, 7) is 4.71. The molecule has 0 fully saturated rings. The average molecular weight is 310 g/mol. The number of benzene rings is 1. The zero-order valence-electron chi connectivity index (χ0n) is 10.4. The minimum absolute atomic E-state index is 0.0898. The first-order valence-electron chi connectivity index (χ1n) is 5.84. The Kier molecular flexibility index (Phi) is 3.91. The van der Waals surface area contributed by atoms with Crippen LogP contribution in [0.15, 0.2) is 34.9 Å². The molecule has 4 nitrogen and oxygen atoms in total. The van der Waals surface area contributed by atoms with Crippen molar-refractivity contribution in [2.75, 3.05) is 12.3 Å². The predicted octanol–water partition coefficient (Wildman–Crippen LogP) is 3.24. The van der Waals surface area contributed by atoms with Crippen LogP contribution in [0.4, 0.5) is 5.82 Å². The number of halogens is 1. The van der Waals surface area contributed by atoms with Crippen LogP contribution in [0, 0.1) is 0 Å². The summed E-state index contributed by atoms with van der Waals surface area (Å²) < 4.78 is 8.03. The Bertz CT molecular complexity index is 522. The maximum atomic E-state index is 5.95. The molecule has 96 valence electrons. The fourth-order valence-corrected chi connectivity index (χ4v) is 2.08. The van der Waals surface area contributed by atoms with E-state index in [9.17, 15) is 0 Å². The van der Waals surface area contributed by atoms with E-state index < -0.39 is 0 Å². The standard InChI is InChI=1S/C13H16BrN3O/c1-3-18-11-6-4-10(5-7-11)9(2)17-13(15)12(14)8-16-17/h4-9H,3,15H2,1-2H3. The van der Waals surface area contributed by atoms with Gasteiger partial charge in [0.15, 0.2) is 0 Å². The van der Waals surface area contributed by atoms with E-state index in [4.69, 9.17) is 10.5 Å². The predicted molar refractivity (Wildman–Crippen MR) is 75.8 cm³/mol. The fourth-order valence-electron chi connectivity index (χ4n) is 1.81. The zero-order valence-corrected chi connectivity index (χ0v) is 12.0. The number of aromatic nitrogens is 2. The maximum Gasteiger partial charge on any atom is 0.136 e. The molecule has 0 aliphatic heterocycles. The van der Waals surface area contributed by atoms with Gasteiger partial charge in [0, 0.05) is 0 Å². The van der Waals surface area contributed by atoms with Gasteiger partial charge in [0.25, 0.3) is 0 Å². The Morgan fingerprint density at radius 2 is 2.06 bits per heavy atom. The van der Waals surface area contributed by atoms with Crippen molar-refractivity contribution in [1.29, 1.82) is 0 Å². The highest BCUT2D eigenvalue weighted by molar-refractivity contribution is 9.10. The third-order valence-corrected chi connectivity index (χ3v) is 3.44. The molecule has 1 unspecified atom stereocenters. The summed E-state index contributed by atoms with van der Waals surface area (Å²) in [7, 11) is 0. The quantitative estimate of drug-likeness (QED) is 0.943. The second-order valence-electron chi connectivity index (χ2n) is 4.00. The van der Waals surface area contributed by atoms with E-state index in [2.05, 4.69) is 28.0 Å². The highest BCUT2D eigenvalue weighted by Crippen LogP contribution is 2.26. The van der Waals surface area contributed by atoms with Crippen molar-refractivity contribution in [1.82, 2.24) is 9.78 Å². The lowest BCUT2D eigenvalue weighted by Gasteiger charge is -2.15. The summed E-state index contributed by atoms with van der Waals surface area (Å²) in [6, 6.07) is 8.08. The van der Waals surface area contributed by atoms with Crippen molar-refractivity contribution < 1.29 is 4.74 Å². The molecule has 0 radical (unpaired) electrons. The summed E-state index contributed by atoms with van der Waals surface area (Å²) in [4.78, 5) is 0. The molecule has 1 atom stereocenters. The summed E-state index contributed by atoms with van der Waals surface area (Å²) in [5.41, 5.74) is 7.09. The molecule has 0 spiro atoms. The van der Waals surface area contributed by atoms with Crippen LogP contribution in [-0.4, -0.2) is 16.4 Å². The van der Waals surface area contributed by atoms with Gasteiger partial charge in [-0.3, -0.25) is 0 Å². The van der Waals surface area contributed by atoms with E-state index in [-0.39, 0.29) is 6.04 Å². The number of ether oxygens (including phenoxy) is 1. The largest absolute Gasteiger partial charge is 0.494 e. The summed E-state index contributed by atoms with van der Waals surface area (Å²) in [6.07, 6.45) is 1.71. The van der Waals surface area contributed by atoms with Gasteiger partial charge in [-0.25, -0.2) is 4.68 Å². The molecule has 1 heterocycles. The van der Waals surface area contributed by atoms with Gasteiger partial charge in [-0.1, -0.05) is 12.1 Å². The van der Waals surface area contributed by atoms with E-state index in [1.165, 1.54) is 0 Å². The number of hydrogen-bond acceptors (Lipinski definition) is 3. The number of nitrogen functional groups attached to an aromatic ring is 1. The second kappa shape index (κ2) is 5.44. The molecule has 5 heteroatoms. The molecule has 0 aliphatic rings. The molecule has 2 aromatic rings. The first kappa shape index (κ1) is 13.0. The normalized spacial score (nSPS) is 12.4. The molecule has 0 saturated heterocycles. The van der Waals surface area contributed by atoms with Crippen molar-refractivity contribution in [2.45, 2.75) is 19.9 Å². The van der Waals surface area contributed by atoms with Crippen LogP contribution in [0.3, 0.4) is 0 Å². The van der Waals surface area contributed by atoms with E-state index >= 15 is 0 Å². The molecule has 2 rings (SSSR count). The van der Waals surface area contributed by atoms with Crippen LogP contribution in [0.5, 0.6) is 5.75 Å². The Morgan fingerprint density at radius 1 is 1.39 bits per heavy atom. The third-order valence-electron chi connectivity index (χ3n) is 2.83. The number of rotatable bonds is 4. The number of anilines is 1. The van der Waals surface area contributed by atoms with Gasteiger partial charge in [-0.15, -0.1) is 0 Å². The molecule has 1 aromatic heterocycles. The van der Waals surface area contributed by atoms with Gasteiger partial charge in [-0.2, -0.15) is 5.10 Å². The van der Waals surface area contributed by atoms with Gasteiger partial charge in [0.05, 0.1) is 23.3 Å². The first-order chi connectivity index (χ1) is 8.63. The zero-order chi connectivity index (χ0) is 13.1. The van der Waals surface area contributed by atoms with Crippen molar-refractivity contribution in [2.24, 2.45) is 0 Å². The lowest BCUT2D eigenvalue weighted by Crippen LogP contribution is -2.11. The Labute approximate surface area is 115 Å². The van der Waals surface area contributed by atoms with Crippen molar-refractivity contribution in [3.8, 4) is 5.75 Å². The van der Waals surface area contributed by atoms with Gasteiger partial charge < -0.3 is 10.5 Å². The van der Waals surface area contributed by atoms with E-state index in [0.29, 0.717) is 12.4 Å². The molecular formula is C13H16BrN3O.